The van der Waals surface area contributed by atoms with Crippen molar-refractivity contribution in [3.05, 3.63) is 58.4 Å². The fourth-order valence-electron chi connectivity index (χ4n) is 2.48. The molecule has 0 aliphatic heterocycles. The first-order valence-corrected chi connectivity index (χ1v) is 6.65. The van der Waals surface area contributed by atoms with Gasteiger partial charge in [0.05, 0.1) is 12.8 Å². The maximum absolute atomic E-state index is 13.2. The van der Waals surface area contributed by atoms with Gasteiger partial charge in [0, 0.05) is 12.6 Å². The van der Waals surface area contributed by atoms with Crippen LogP contribution in [-0.2, 0) is 6.54 Å². The second-order valence-electron chi connectivity index (χ2n) is 5.08. The van der Waals surface area contributed by atoms with E-state index >= 15 is 0 Å². The molecule has 0 spiro atoms. The Morgan fingerprint density at radius 1 is 1.05 bits per heavy atom. The Bertz CT molecular complexity index is 599. The van der Waals surface area contributed by atoms with Crippen molar-refractivity contribution in [2.75, 3.05) is 12.4 Å². The predicted octanol–water partition coefficient (Wildman–Crippen LogP) is 4.37. The molecule has 2 aromatic carbocycles. The zero-order valence-electron chi connectivity index (χ0n) is 12.4. The minimum Gasteiger partial charge on any atom is -0.494 e. The number of aryl methyl sites for hydroxylation is 3. The fraction of sp³-hybridized carbons (Fsp3) is 0.294. The van der Waals surface area contributed by atoms with Gasteiger partial charge in [-0.15, -0.1) is 0 Å². The third kappa shape index (κ3) is 3.10. The summed E-state index contributed by atoms with van der Waals surface area (Å²) in [5.41, 5.74) is 5.85. The van der Waals surface area contributed by atoms with Crippen molar-refractivity contribution in [1.29, 1.82) is 0 Å². The molecule has 2 rings (SSSR count). The van der Waals surface area contributed by atoms with E-state index in [9.17, 15) is 4.39 Å². The zero-order valence-corrected chi connectivity index (χ0v) is 12.4. The minimum absolute atomic E-state index is 0.296. The molecule has 2 aromatic rings. The van der Waals surface area contributed by atoms with Gasteiger partial charge in [-0.05, 0) is 49.6 Å². The number of anilines is 1. The van der Waals surface area contributed by atoms with Crippen molar-refractivity contribution in [3.8, 4) is 5.75 Å². The van der Waals surface area contributed by atoms with Crippen LogP contribution >= 0.6 is 0 Å². The normalized spacial score (nSPS) is 10.4. The minimum atomic E-state index is -0.296. The molecule has 106 valence electrons. The van der Waals surface area contributed by atoms with Gasteiger partial charge in [0.15, 0.2) is 0 Å². The van der Waals surface area contributed by atoms with Gasteiger partial charge in [-0.2, -0.15) is 0 Å². The van der Waals surface area contributed by atoms with Crippen molar-refractivity contribution >= 4 is 5.69 Å². The highest BCUT2D eigenvalue weighted by atomic mass is 19.1. The van der Waals surface area contributed by atoms with Crippen LogP contribution in [0.1, 0.15) is 22.3 Å². The van der Waals surface area contributed by atoms with Gasteiger partial charge in [0.1, 0.15) is 11.6 Å². The molecule has 20 heavy (non-hydrogen) atoms. The van der Waals surface area contributed by atoms with E-state index in [1.54, 1.807) is 13.2 Å². The first-order chi connectivity index (χ1) is 9.51. The zero-order chi connectivity index (χ0) is 14.7. The van der Waals surface area contributed by atoms with E-state index in [2.05, 4.69) is 38.2 Å². The summed E-state index contributed by atoms with van der Waals surface area (Å²) in [6, 6.07) is 8.86. The van der Waals surface area contributed by atoms with Gasteiger partial charge in [-0.25, -0.2) is 4.39 Å². The molecule has 0 saturated carbocycles. The summed E-state index contributed by atoms with van der Waals surface area (Å²) in [4.78, 5) is 0. The monoisotopic (exact) mass is 273 g/mol. The van der Waals surface area contributed by atoms with Crippen LogP contribution in [0.3, 0.4) is 0 Å². The maximum Gasteiger partial charge on any atom is 0.144 e. The smallest absolute Gasteiger partial charge is 0.144 e. The van der Waals surface area contributed by atoms with Gasteiger partial charge in [-0.3, -0.25) is 0 Å². The lowest BCUT2D eigenvalue weighted by atomic mass is 10.00. The fourth-order valence-corrected chi connectivity index (χ4v) is 2.48. The summed E-state index contributed by atoms with van der Waals surface area (Å²) >= 11 is 0. The molecule has 0 radical (unpaired) electrons. The second-order valence-corrected chi connectivity index (χ2v) is 5.08. The standard InChI is InChI=1S/C17H20FNO/c1-11-7-12(2)15(13(3)8-11)10-19-16-6-5-14(18)9-17(16)20-4/h5-9,19H,10H2,1-4H3. The average molecular weight is 273 g/mol. The highest BCUT2D eigenvalue weighted by Gasteiger charge is 2.07. The third-order valence-corrected chi connectivity index (χ3v) is 3.46. The topological polar surface area (TPSA) is 21.3 Å². The van der Waals surface area contributed by atoms with Crippen molar-refractivity contribution in [1.82, 2.24) is 0 Å². The van der Waals surface area contributed by atoms with Crippen molar-refractivity contribution < 1.29 is 9.13 Å². The van der Waals surface area contributed by atoms with Crippen LogP contribution < -0.4 is 10.1 Å². The largest absolute Gasteiger partial charge is 0.494 e. The molecule has 3 heteroatoms. The number of methoxy groups -OCH3 is 1. The van der Waals surface area contributed by atoms with Crippen LogP contribution in [0.5, 0.6) is 5.75 Å². The summed E-state index contributed by atoms with van der Waals surface area (Å²) in [6.07, 6.45) is 0. The van der Waals surface area contributed by atoms with Crippen LogP contribution in [0, 0.1) is 26.6 Å². The maximum atomic E-state index is 13.2. The second kappa shape index (κ2) is 5.95. The number of rotatable bonds is 4. The molecule has 0 atom stereocenters. The average Bonchev–Trinajstić information content (AvgIpc) is 2.38. The van der Waals surface area contributed by atoms with E-state index in [0.717, 1.165) is 5.69 Å². The van der Waals surface area contributed by atoms with Crippen LogP contribution in [0.2, 0.25) is 0 Å². The summed E-state index contributed by atoms with van der Waals surface area (Å²) in [7, 11) is 1.54. The van der Waals surface area contributed by atoms with Crippen molar-refractivity contribution in [2.45, 2.75) is 27.3 Å². The predicted molar refractivity (Wildman–Crippen MR) is 80.9 cm³/mol. The number of benzene rings is 2. The Hall–Kier alpha value is -2.03. The lowest BCUT2D eigenvalue weighted by Gasteiger charge is -2.15. The lowest BCUT2D eigenvalue weighted by Crippen LogP contribution is -2.05. The van der Waals surface area contributed by atoms with E-state index in [4.69, 9.17) is 4.74 Å². The van der Waals surface area contributed by atoms with E-state index in [1.165, 1.54) is 34.4 Å². The molecule has 0 aromatic heterocycles. The molecule has 0 saturated heterocycles. The Kier molecular flexibility index (Phi) is 4.28. The number of halogens is 1. The van der Waals surface area contributed by atoms with Gasteiger partial charge < -0.3 is 10.1 Å². The highest BCUT2D eigenvalue weighted by Crippen LogP contribution is 2.26. The Morgan fingerprint density at radius 2 is 1.70 bits per heavy atom. The van der Waals surface area contributed by atoms with Crippen LogP contribution in [0.15, 0.2) is 30.3 Å². The molecular formula is C17H20FNO. The number of hydrogen-bond acceptors (Lipinski definition) is 2. The lowest BCUT2D eigenvalue weighted by molar-refractivity contribution is 0.413. The SMILES string of the molecule is COc1cc(F)ccc1NCc1c(C)cc(C)cc1C. The molecule has 0 bridgehead atoms. The Morgan fingerprint density at radius 3 is 2.30 bits per heavy atom. The summed E-state index contributed by atoms with van der Waals surface area (Å²) in [6.45, 7) is 7.01. The number of hydrogen-bond donors (Lipinski definition) is 1. The summed E-state index contributed by atoms with van der Waals surface area (Å²) in [5, 5.41) is 3.32. The Balaban J connectivity index is 2.21. The highest BCUT2D eigenvalue weighted by molar-refractivity contribution is 5.57. The van der Waals surface area contributed by atoms with Crippen LogP contribution in [0.4, 0.5) is 10.1 Å². The third-order valence-electron chi connectivity index (χ3n) is 3.46. The molecule has 0 aliphatic rings. The van der Waals surface area contributed by atoms with Crippen LogP contribution in [-0.4, -0.2) is 7.11 Å². The summed E-state index contributed by atoms with van der Waals surface area (Å²) in [5.74, 6) is 0.225. The van der Waals surface area contributed by atoms with Gasteiger partial charge in [0.2, 0.25) is 0 Å². The molecule has 0 aliphatic carbocycles. The molecule has 1 N–H and O–H groups in total. The molecule has 0 heterocycles. The van der Waals surface area contributed by atoms with E-state index in [-0.39, 0.29) is 5.82 Å². The van der Waals surface area contributed by atoms with E-state index in [0.29, 0.717) is 12.3 Å². The van der Waals surface area contributed by atoms with Gasteiger partial charge in [-0.1, -0.05) is 17.7 Å². The Labute approximate surface area is 119 Å². The molecule has 0 unspecified atom stereocenters. The van der Waals surface area contributed by atoms with E-state index < -0.39 is 0 Å². The molecule has 0 fully saturated rings. The number of nitrogens with one attached hydrogen (secondary N) is 1. The number of ether oxygens (including phenoxy) is 1. The first-order valence-electron chi connectivity index (χ1n) is 6.65. The first kappa shape index (κ1) is 14.4. The van der Waals surface area contributed by atoms with Crippen LogP contribution in [0.25, 0.3) is 0 Å². The summed E-state index contributed by atoms with van der Waals surface area (Å²) < 4.78 is 18.4. The molecule has 0 amide bonds. The van der Waals surface area contributed by atoms with Crippen molar-refractivity contribution in [3.63, 3.8) is 0 Å². The van der Waals surface area contributed by atoms with Crippen molar-refractivity contribution in [2.24, 2.45) is 0 Å². The molecule has 2 nitrogen and oxygen atoms in total. The molecular weight excluding hydrogens is 253 g/mol. The quantitative estimate of drug-likeness (QED) is 0.893. The van der Waals surface area contributed by atoms with E-state index in [1.807, 2.05) is 0 Å². The van der Waals surface area contributed by atoms with Gasteiger partial charge in [0.25, 0.3) is 0 Å². The van der Waals surface area contributed by atoms with Gasteiger partial charge >= 0.3 is 0 Å².